The molecule has 0 aliphatic rings. The van der Waals surface area contributed by atoms with Gasteiger partial charge in [-0.2, -0.15) is 0 Å². The quantitative estimate of drug-likeness (QED) is 0.843. The van der Waals surface area contributed by atoms with Gasteiger partial charge in [0.2, 0.25) is 5.91 Å². The molecule has 0 bridgehead atoms. The van der Waals surface area contributed by atoms with Crippen LogP contribution in [-0.4, -0.2) is 17.6 Å². The normalized spacial score (nSPS) is 11.6. The molecule has 2 N–H and O–H groups in total. The van der Waals surface area contributed by atoms with Gasteiger partial charge in [-0.05, 0) is 29.0 Å². The summed E-state index contributed by atoms with van der Waals surface area (Å²) in [5, 5.41) is 12.3. The summed E-state index contributed by atoms with van der Waals surface area (Å²) in [5.74, 6) is 0.704. The van der Waals surface area contributed by atoms with Crippen LogP contribution in [0.1, 0.15) is 33.3 Å². The fourth-order valence-corrected chi connectivity index (χ4v) is 1.44. The highest BCUT2D eigenvalue weighted by atomic mass is 16.3. The Bertz CT molecular complexity index is 411. The lowest BCUT2D eigenvalue weighted by atomic mass is 9.81. The molecule has 0 unspecified atom stereocenters. The van der Waals surface area contributed by atoms with E-state index in [1.54, 1.807) is 18.2 Å². The maximum absolute atomic E-state index is 11.8. The predicted molar refractivity (Wildman–Crippen MR) is 73.4 cm³/mol. The van der Waals surface area contributed by atoms with E-state index in [1.807, 2.05) is 6.07 Å². The minimum absolute atomic E-state index is 0.00525. The topological polar surface area (TPSA) is 49.3 Å². The standard InChI is InChI=1S/C15H23NO2/c1-11(2)15(3,4)10-16-14(18)9-12-6-5-7-13(17)8-12/h5-8,11,17H,9-10H2,1-4H3,(H,16,18). The molecule has 0 radical (unpaired) electrons. The third-order valence-corrected chi connectivity index (χ3v) is 3.58. The van der Waals surface area contributed by atoms with E-state index in [0.29, 0.717) is 18.9 Å². The van der Waals surface area contributed by atoms with Crippen LogP contribution in [0.2, 0.25) is 0 Å². The maximum atomic E-state index is 11.8. The molecule has 0 aliphatic carbocycles. The molecular formula is C15H23NO2. The second-order valence-electron chi connectivity index (χ2n) is 5.77. The average Bonchev–Trinajstić information content (AvgIpc) is 2.26. The van der Waals surface area contributed by atoms with Crippen molar-refractivity contribution >= 4 is 5.91 Å². The van der Waals surface area contributed by atoms with E-state index in [-0.39, 0.29) is 17.1 Å². The number of nitrogens with one attached hydrogen (secondary N) is 1. The van der Waals surface area contributed by atoms with Crippen LogP contribution in [0.3, 0.4) is 0 Å². The molecule has 1 amide bonds. The lowest BCUT2D eigenvalue weighted by molar-refractivity contribution is -0.121. The van der Waals surface area contributed by atoms with E-state index in [0.717, 1.165) is 5.56 Å². The molecule has 1 rings (SSSR count). The van der Waals surface area contributed by atoms with E-state index in [1.165, 1.54) is 0 Å². The number of benzene rings is 1. The second-order valence-corrected chi connectivity index (χ2v) is 5.77. The Morgan fingerprint density at radius 1 is 1.39 bits per heavy atom. The summed E-state index contributed by atoms with van der Waals surface area (Å²) in [6, 6.07) is 6.80. The predicted octanol–water partition coefficient (Wildman–Crippen LogP) is 2.73. The Hall–Kier alpha value is -1.51. The minimum Gasteiger partial charge on any atom is -0.508 e. The number of aromatic hydroxyl groups is 1. The van der Waals surface area contributed by atoms with E-state index < -0.39 is 0 Å². The van der Waals surface area contributed by atoms with Crippen molar-refractivity contribution in [3.05, 3.63) is 29.8 Å². The van der Waals surface area contributed by atoms with E-state index in [4.69, 9.17) is 0 Å². The van der Waals surface area contributed by atoms with Gasteiger partial charge in [0.15, 0.2) is 0 Å². The highest BCUT2D eigenvalue weighted by molar-refractivity contribution is 5.78. The van der Waals surface area contributed by atoms with Crippen molar-refractivity contribution in [3.63, 3.8) is 0 Å². The first-order chi connectivity index (χ1) is 8.31. The lowest BCUT2D eigenvalue weighted by Gasteiger charge is -2.29. The summed E-state index contributed by atoms with van der Waals surface area (Å²) in [6.07, 6.45) is 0.308. The van der Waals surface area contributed by atoms with Crippen molar-refractivity contribution in [3.8, 4) is 5.75 Å². The Labute approximate surface area is 109 Å². The molecule has 1 aromatic rings. The summed E-state index contributed by atoms with van der Waals surface area (Å²) < 4.78 is 0. The van der Waals surface area contributed by atoms with Crippen LogP contribution in [0.5, 0.6) is 5.75 Å². The Balaban J connectivity index is 2.48. The molecule has 0 heterocycles. The summed E-state index contributed by atoms with van der Waals surface area (Å²) >= 11 is 0. The van der Waals surface area contributed by atoms with Crippen molar-refractivity contribution in [1.29, 1.82) is 0 Å². The van der Waals surface area contributed by atoms with Gasteiger partial charge >= 0.3 is 0 Å². The fraction of sp³-hybridized carbons (Fsp3) is 0.533. The monoisotopic (exact) mass is 249 g/mol. The molecule has 3 nitrogen and oxygen atoms in total. The Morgan fingerprint density at radius 2 is 2.06 bits per heavy atom. The van der Waals surface area contributed by atoms with Crippen molar-refractivity contribution in [2.75, 3.05) is 6.54 Å². The van der Waals surface area contributed by atoms with Gasteiger partial charge in [-0.25, -0.2) is 0 Å². The number of carbonyl (C=O) groups excluding carboxylic acids is 1. The zero-order valence-corrected chi connectivity index (χ0v) is 11.7. The molecule has 0 saturated carbocycles. The number of amides is 1. The number of hydrogen-bond acceptors (Lipinski definition) is 2. The lowest BCUT2D eigenvalue weighted by Crippen LogP contribution is -2.37. The largest absolute Gasteiger partial charge is 0.508 e. The number of phenols is 1. The first-order valence-corrected chi connectivity index (χ1v) is 6.36. The molecule has 100 valence electrons. The molecule has 0 saturated heterocycles. The zero-order chi connectivity index (χ0) is 13.8. The van der Waals surface area contributed by atoms with Gasteiger partial charge in [0.1, 0.15) is 5.75 Å². The third kappa shape index (κ3) is 4.40. The third-order valence-electron chi connectivity index (χ3n) is 3.58. The molecule has 3 heteroatoms. The Morgan fingerprint density at radius 3 is 2.61 bits per heavy atom. The minimum atomic E-state index is -0.00525. The maximum Gasteiger partial charge on any atom is 0.224 e. The Kier molecular flexibility index (Phi) is 4.76. The molecule has 0 atom stereocenters. The van der Waals surface area contributed by atoms with Gasteiger partial charge < -0.3 is 10.4 Å². The van der Waals surface area contributed by atoms with Crippen molar-refractivity contribution < 1.29 is 9.90 Å². The smallest absolute Gasteiger partial charge is 0.224 e. The molecule has 0 aromatic heterocycles. The van der Waals surface area contributed by atoms with Gasteiger partial charge in [0, 0.05) is 6.54 Å². The highest BCUT2D eigenvalue weighted by Gasteiger charge is 2.22. The van der Waals surface area contributed by atoms with E-state index >= 15 is 0 Å². The van der Waals surface area contributed by atoms with Crippen LogP contribution in [0.15, 0.2) is 24.3 Å². The second kappa shape index (κ2) is 5.89. The highest BCUT2D eigenvalue weighted by Crippen LogP contribution is 2.24. The van der Waals surface area contributed by atoms with Crippen LogP contribution >= 0.6 is 0 Å². The van der Waals surface area contributed by atoms with Gasteiger partial charge in [0.05, 0.1) is 6.42 Å². The van der Waals surface area contributed by atoms with Gasteiger partial charge in [-0.1, -0.05) is 39.8 Å². The SMILES string of the molecule is CC(C)C(C)(C)CNC(=O)Cc1cccc(O)c1. The first-order valence-electron chi connectivity index (χ1n) is 6.36. The van der Waals surface area contributed by atoms with Crippen LogP contribution in [-0.2, 0) is 11.2 Å². The fourth-order valence-electron chi connectivity index (χ4n) is 1.44. The first kappa shape index (κ1) is 14.6. The molecule has 0 spiro atoms. The van der Waals surface area contributed by atoms with Gasteiger partial charge in [-0.3, -0.25) is 4.79 Å². The average molecular weight is 249 g/mol. The summed E-state index contributed by atoms with van der Waals surface area (Å²) in [4.78, 5) is 11.8. The molecule has 1 aromatic carbocycles. The van der Waals surface area contributed by atoms with Crippen molar-refractivity contribution in [2.45, 2.75) is 34.1 Å². The van der Waals surface area contributed by atoms with Crippen LogP contribution in [0.4, 0.5) is 0 Å². The zero-order valence-electron chi connectivity index (χ0n) is 11.7. The summed E-state index contributed by atoms with van der Waals surface area (Å²) in [7, 11) is 0. The van der Waals surface area contributed by atoms with Crippen LogP contribution in [0, 0.1) is 11.3 Å². The molecular weight excluding hydrogens is 226 g/mol. The molecule has 0 aliphatic heterocycles. The number of hydrogen-bond donors (Lipinski definition) is 2. The summed E-state index contributed by atoms with van der Waals surface area (Å²) in [6.45, 7) is 9.27. The van der Waals surface area contributed by atoms with Gasteiger partial charge in [-0.15, -0.1) is 0 Å². The molecule has 0 fully saturated rings. The van der Waals surface area contributed by atoms with E-state index in [9.17, 15) is 9.90 Å². The van der Waals surface area contributed by atoms with Crippen molar-refractivity contribution in [1.82, 2.24) is 5.32 Å². The van der Waals surface area contributed by atoms with Crippen LogP contribution < -0.4 is 5.32 Å². The van der Waals surface area contributed by atoms with Crippen LogP contribution in [0.25, 0.3) is 0 Å². The number of carbonyl (C=O) groups is 1. The number of phenolic OH excluding ortho intramolecular Hbond substituents is 1. The molecule has 18 heavy (non-hydrogen) atoms. The number of rotatable bonds is 5. The summed E-state index contributed by atoms with van der Waals surface area (Å²) in [5.41, 5.74) is 0.920. The van der Waals surface area contributed by atoms with Gasteiger partial charge in [0.25, 0.3) is 0 Å². The van der Waals surface area contributed by atoms with E-state index in [2.05, 4.69) is 33.0 Å². The van der Waals surface area contributed by atoms with Crippen molar-refractivity contribution in [2.24, 2.45) is 11.3 Å².